The molecule has 32 heavy (non-hydrogen) atoms. The van der Waals surface area contributed by atoms with Gasteiger partial charge < -0.3 is 9.64 Å². The standard InChI is InChI=1S/C27H30FNO3/c1-6-15-32-26(31)25-18(2)29(17-19-7-13-22(28)14-8-19)24(30)16-23(25)20-9-11-21(12-10-20)27(3,4)5/h6-14,23H,1,15-17H2,2-5H3. The van der Waals surface area contributed by atoms with Gasteiger partial charge in [-0.1, -0.05) is 69.8 Å². The summed E-state index contributed by atoms with van der Waals surface area (Å²) in [7, 11) is 0. The first-order chi connectivity index (χ1) is 15.1. The molecule has 5 heteroatoms. The summed E-state index contributed by atoms with van der Waals surface area (Å²) in [5.41, 5.74) is 3.90. The molecule has 0 bridgehead atoms. The molecule has 0 aromatic heterocycles. The zero-order chi connectivity index (χ0) is 23.5. The van der Waals surface area contributed by atoms with Gasteiger partial charge in [-0.15, -0.1) is 0 Å². The van der Waals surface area contributed by atoms with Gasteiger partial charge in [0, 0.05) is 18.0 Å². The lowest BCUT2D eigenvalue weighted by Gasteiger charge is -2.34. The molecule has 0 fully saturated rings. The van der Waals surface area contributed by atoms with Crippen molar-refractivity contribution in [3.05, 3.63) is 95.0 Å². The minimum Gasteiger partial charge on any atom is -0.458 e. The maximum atomic E-state index is 13.3. The summed E-state index contributed by atoms with van der Waals surface area (Å²) in [4.78, 5) is 27.7. The van der Waals surface area contributed by atoms with Crippen LogP contribution in [0.15, 0.2) is 72.5 Å². The molecule has 1 heterocycles. The molecule has 1 amide bonds. The number of hydrogen-bond donors (Lipinski definition) is 0. The van der Waals surface area contributed by atoms with Gasteiger partial charge >= 0.3 is 5.97 Å². The SMILES string of the molecule is C=CCOC(=O)C1=C(C)N(Cc2ccc(F)cc2)C(=O)CC1c1ccc(C(C)(C)C)cc1. The second-order valence-electron chi connectivity index (χ2n) is 9.12. The van der Waals surface area contributed by atoms with E-state index in [0.29, 0.717) is 11.3 Å². The highest BCUT2D eigenvalue weighted by Crippen LogP contribution is 2.38. The monoisotopic (exact) mass is 435 g/mol. The summed E-state index contributed by atoms with van der Waals surface area (Å²) in [5.74, 6) is -1.27. The number of benzene rings is 2. The van der Waals surface area contributed by atoms with Crippen molar-refractivity contribution >= 4 is 11.9 Å². The quantitative estimate of drug-likeness (QED) is 0.436. The van der Waals surface area contributed by atoms with E-state index in [9.17, 15) is 14.0 Å². The minimum atomic E-state index is -0.455. The summed E-state index contributed by atoms with van der Waals surface area (Å²) >= 11 is 0. The third-order valence-electron chi connectivity index (χ3n) is 5.81. The summed E-state index contributed by atoms with van der Waals surface area (Å²) in [6.07, 6.45) is 1.68. The third kappa shape index (κ3) is 5.16. The molecule has 1 unspecified atom stereocenters. The average Bonchev–Trinajstić information content (AvgIpc) is 2.75. The predicted molar refractivity (Wildman–Crippen MR) is 123 cm³/mol. The molecule has 0 aliphatic carbocycles. The number of nitrogens with zero attached hydrogens (tertiary/aromatic N) is 1. The van der Waals surface area contributed by atoms with Gasteiger partial charge in [0.05, 0.1) is 12.1 Å². The van der Waals surface area contributed by atoms with Crippen LogP contribution in [0.1, 0.15) is 56.7 Å². The number of esters is 1. The smallest absolute Gasteiger partial charge is 0.336 e. The van der Waals surface area contributed by atoms with E-state index in [0.717, 1.165) is 11.1 Å². The summed E-state index contributed by atoms with van der Waals surface area (Å²) < 4.78 is 18.7. The van der Waals surface area contributed by atoms with Crippen LogP contribution in [0.25, 0.3) is 0 Å². The topological polar surface area (TPSA) is 46.6 Å². The van der Waals surface area contributed by atoms with Crippen molar-refractivity contribution in [1.82, 2.24) is 4.90 Å². The van der Waals surface area contributed by atoms with E-state index in [1.807, 2.05) is 24.3 Å². The molecule has 0 saturated carbocycles. The van der Waals surface area contributed by atoms with Gasteiger partial charge in [-0.25, -0.2) is 9.18 Å². The Bertz CT molecular complexity index is 1030. The molecular formula is C27H30FNO3. The van der Waals surface area contributed by atoms with Crippen LogP contribution in [0.5, 0.6) is 0 Å². The predicted octanol–water partition coefficient (Wildman–Crippen LogP) is 5.64. The van der Waals surface area contributed by atoms with Crippen LogP contribution >= 0.6 is 0 Å². The number of halogens is 1. The van der Waals surface area contributed by atoms with Crippen molar-refractivity contribution in [2.75, 3.05) is 6.61 Å². The van der Waals surface area contributed by atoms with Gasteiger partial charge in [-0.2, -0.15) is 0 Å². The largest absolute Gasteiger partial charge is 0.458 e. The Kier molecular flexibility index (Phi) is 6.97. The van der Waals surface area contributed by atoms with Crippen molar-refractivity contribution < 1.29 is 18.7 Å². The first kappa shape index (κ1) is 23.5. The van der Waals surface area contributed by atoms with Crippen LogP contribution in [0, 0.1) is 5.82 Å². The Morgan fingerprint density at radius 1 is 1.16 bits per heavy atom. The fraction of sp³-hybridized carbons (Fsp3) is 0.333. The number of rotatable bonds is 6. The van der Waals surface area contributed by atoms with E-state index in [2.05, 4.69) is 27.4 Å². The number of allylic oxidation sites excluding steroid dienone is 1. The van der Waals surface area contributed by atoms with E-state index in [-0.39, 0.29) is 36.7 Å². The molecule has 2 aromatic carbocycles. The minimum absolute atomic E-state index is 0.00431. The highest BCUT2D eigenvalue weighted by atomic mass is 19.1. The summed E-state index contributed by atoms with van der Waals surface area (Å²) in [6.45, 7) is 12.2. The fourth-order valence-corrected chi connectivity index (χ4v) is 3.95. The van der Waals surface area contributed by atoms with E-state index < -0.39 is 11.9 Å². The van der Waals surface area contributed by atoms with E-state index in [1.165, 1.54) is 23.8 Å². The van der Waals surface area contributed by atoms with Gasteiger partial charge in [0.25, 0.3) is 0 Å². The molecule has 2 aromatic rings. The van der Waals surface area contributed by atoms with Crippen molar-refractivity contribution in [2.45, 2.75) is 52.0 Å². The number of hydrogen-bond acceptors (Lipinski definition) is 3. The van der Waals surface area contributed by atoms with Crippen LogP contribution in [0.4, 0.5) is 4.39 Å². The van der Waals surface area contributed by atoms with Crippen molar-refractivity contribution in [3.63, 3.8) is 0 Å². The third-order valence-corrected chi connectivity index (χ3v) is 5.81. The maximum absolute atomic E-state index is 13.3. The lowest BCUT2D eigenvalue weighted by Crippen LogP contribution is -2.38. The molecule has 168 valence electrons. The number of carbonyl (C=O) groups excluding carboxylic acids is 2. The second kappa shape index (κ2) is 9.51. The molecule has 3 rings (SSSR count). The van der Waals surface area contributed by atoms with Crippen molar-refractivity contribution in [3.8, 4) is 0 Å². The van der Waals surface area contributed by atoms with Crippen molar-refractivity contribution in [2.24, 2.45) is 0 Å². The van der Waals surface area contributed by atoms with Crippen LogP contribution in [-0.4, -0.2) is 23.4 Å². The maximum Gasteiger partial charge on any atom is 0.336 e. The molecule has 4 nitrogen and oxygen atoms in total. The lowest BCUT2D eigenvalue weighted by molar-refractivity contribution is -0.139. The molecule has 0 saturated heterocycles. The number of amides is 1. The lowest BCUT2D eigenvalue weighted by atomic mass is 9.81. The first-order valence-corrected chi connectivity index (χ1v) is 10.8. The van der Waals surface area contributed by atoms with Gasteiger partial charge in [0.2, 0.25) is 5.91 Å². The zero-order valence-electron chi connectivity index (χ0n) is 19.2. The molecule has 1 aliphatic heterocycles. The molecule has 1 atom stereocenters. The normalized spacial score (nSPS) is 16.8. The Morgan fingerprint density at radius 2 is 1.78 bits per heavy atom. The molecule has 0 radical (unpaired) electrons. The fourth-order valence-electron chi connectivity index (χ4n) is 3.95. The van der Waals surface area contributed by atoms with E-state index in [4.69, 9.17) is 4.74 Å². The Hall–Kier alpha value is -3.21. The van der Waals surface area contributed by atoms with Crippen LogP contribution in [0.3, 0.4) is 0 Å². The first-order valence-electron chi connectivity index (χ1n) is 10.8. The number of carbonyl (C=O) groups is 2. The molecule has 0 N–H and O–H groups in total. The molecule has 0 spiro atoms. The molecule has 1 aliphatic rings. The average molecular weight is 436 g/mol. The highest BCUT2D eigenvalue weighted by Gasteiger charge is 2.37. The van der Waals surface area contributed by atoms with Gasteiger partial charge in [0.1, 0.15) is 12.4 Å². The van der Waals surface area contributed by atoms with Gasteiger partial charge in [0.15, 0.2) is 0 Å². The zero-order valence-corrected chi connectivity index (χ0v) is 19.2. The second-order valence-corrected chi connectivity index (χ2v) is 9.12. The number of ether oxygens (including phenoxy) is 1. The Morgan fingerprint density at radius 3 is 2.34 bits per heavy atom. The van der Waals surface area contributed by atoms with Crippen molar-refractivity contribution in [1.29, 1.82) is 0 Å². The Labute approximate surface area is 189 Å². The summed E-state index contributed by atoms with van der Waals surface area (Å²) in [6, 6.07) is 14.1. The van der Waals surface area contributed by atoms with Crippen LogP contribution < -0.4 is 0 Å². The van der Waals surface area contributed by atoms with Crippen LogP contribution in [-0.2, 0) is 26.3 Å². The van der Waals surface area contributed by atoms with E-state index >= 15 is 0 Å². The van der Waals surface area contributed by atoms with Gasteiger partial charge in [-0.05, 0) is 41.2 Å². The molecular weight excluding hydrogens is 405 g/mol. The van der Waals surface area contributed by atoms with Gasteiger partial charge in [-0.3, -0.25) is 4.79 Å². The highest BCUT2D eigenvalue weighted by molar-refractivity contribution is 5.95. The van der Waals surface area contributed by atoms with Crippen LogP contribution in [0.2, 0.25) is 0 Å². The van der Waals surface area contributed by atoms with E-state index in [1.54, 1.807) is 24.0 Å². The summed E-state index contributed by atoms with van der Waals surface area (Å²) in [5, 5.41) is 0. The Balaban J connectivity index is 2.00.